The van der Waals surface area contributed by atoms with Gasteiger partial charge in [-0.1, -0.05) is 26.7 Å². The van der Waals surface area contributed by atoms with Crippen molar-refractivity contribution in [1.29, 1.82) is 0 Å². The summed E-state index contributed by atoms with van der Waals surface area (Å²) in [6.45, 7) is 5.21. The minimum atomic E-state index is -0.499. The summed E-state index contributed by atoms with van der Waals surface area (Å²) in [6, 6.07) is 5.88. The predicted molar refractivity (Wildman–Crippen MR) is 92.2 cm³/mol. The number of nitro groups is 1. The third kappa shape index (κ3) is 7.95. The Balaban J connectivity index is 0.00000484. The van der Waals surface area contributed by atoms with Gasteiger partial charge in [0.1, 0.15) is 6.61 Å². The fourth-order valence-corrected chi connectivity index (χ4v) is 2.25. The predicted octanol–water partition coefficient (Wildman–Crippen LogP) is 3.73. The van der Waals surface area contributed by atoms with E-state index in [4.69, 9.17) is 4.74 Å². The van der Waals surface area contributed by atoms with Crippen molar-refractivity contribution in [2.24, 2.45) is 0 Å². The standard InChI is InChI=1S/C16H24N2O4.ClH/c1-3-5-14(6-4-2)17-11-12-22-16(19)13-7-9-15(10-8-13)18(20)21;/h7-10,14,17H,3-6,11-12H2,1-2H3;1H. The molecule has 0 amide bonds. The van der Waals surface area contributed by atoms with Crippen molar-refractivity contribution >= 4 is 24.1 Å². The first kappa shape index (κ1) is 21.3. The number of hydrogen-bond donors (Lipinski definition) is 1. The molecule has 1 aromatic rings. The van der Waals surface area contributed by atoms with E-state index in [0.29, 0.717) is 24.8 Å². The molecule has 0 heterocycles. The molecule has 6 nitrogen and oxygen atoms in total. The van der Waals surface area contributed by atoms with Crippen molar-refractivity contribution in [3.63, 3.8) is 0 Å². The lowest BCUT2D eigenvalue weighted by Gasteiger charge is -2.17. The number of carbonyl (C=O) groups is 1. The van der Waals surface area contributed by atoms with Crippen LogP contribution in [0.4, 0.5) is 5.69 Å². The summed E-state index contributed by atoms with van der Waals surface area (Å²) in [5, 5.41) is 13.9. The highest BCUT2D eigenvalue weighted by Crippen LogP contribution is 2.12. The van der Waals surface area contributed by atoms with Crippen molar-refractivity contribution in [1.82, 2.24) is 5.32 Å². The Bertz CT molecular complexity index is 473. The van der Waals surface area contributed by atoms with E-state index < -0.39 is 10.9 Å². The topological polar surface area (TPSA) is 81.5 Å². The number of esters is 1. The number of nitrogens with zero attached hydrogens (tertiary/aromatic N) is 1. The summed E-state index contributed by atoms with van der Waals surface area (Å²) >= 11 is 0. The molecule has 0 aliphatic heterocycles. The minimum Gasteiger partial charge on any atom is -0.461 e. The molecule has 0 atom stereocenters. The van der Waals surface area contributed by atoms with Crippen LogP contribution in [0.1, 0.15) is 49.9 Å². The molecule has 0 saturated heterocycles. The number of ether oxygens (including phenoxy) is 1. The lowest BCUT2D eigenvalue weighted by molar-refractivity contribution is -0.384. The Morgan fingerprint density at radius 1 is 1.22 bits per heavy atom. The molecule has 130 valence electrons. The first-order valence-electron chi connectivity index (χ1n) is 7.73. The summed E-state index contributed by atoms with van der Waals surface area (Å²) in [7, 11) is 0. The van der Waals surface area contributed by atoms with E-state index in [0.717, 1.165) is 25.7 Å². The van der Waals surface area contributed by atoms with Crippen LogP contribution in [0.15, 0.2) is 24.3 Å². The van der Waals surface area contributed by atoms with Gasteiger partial charge < -0.3 is 10.1 Å². The van der Waals surface area contributed by atoms with Crippen LogP contribution in [0.2, 0.25) is 0 Å². The van der Waals surface area contributed by atoms with Crippen LogP contribution in [-0.2, 0) is 4.74 Å². The minimum absolute atomic E-state index is 0. The van der Waals surface area contributed by atoms with Gasteiger partial charge in [0.15, 0.2) is 0 Å². The summed E-state index contributed by atoms with van der Waals surface area (Å²) < 4.78 is 5.16. The van der Waals surface area contributed by atoms with Gasteiger partial charge in [0.05, 0.1) is 10.5 Å². The molecule has 0 bridgehead atoms. The molecular weight excluding hydrogens is 320 g/mol. The molecule has 0 fully saturated rings. The molecule has 0 saturated carbocycles. The van der Waals surface area contributed by atoms with Gasteiger partial charge in [0, 0.05) is 24.7 Å². The van der Waals surface area contributed by atoms with E-state index >= 15 is 0 Å². The molecule has 0 unspecified atom stereocenters. The lowest BCUT2D eigenvalue weighted by Crippen LogP contribution is -2.32. The quantitative estimate of drug-likeness (QED) is 0.302. The van der Waals surface area contributed by atoms with E-state index in [9.17, 15) is 14.9 Å². The number of nitro benzene ring substituents is 1. The molecule has 0 radical (unpaired) electrons. The smallest absolute Gasteiger partial charge is 0.338 e. The van der Waals surface area contributed by atoms with Gasteiger partial charge in [-0.15, -0.1) is 12.4 Å². The van der Waals surface area contributed by atoms with E-state index in [1.165, 1.54) is 24.3 Å². The third-order valence-electron chi connectivity index (χ3n) is 3.36. The second-order valence-electron chi connectivity index (χ2n) is 5.17. The largest absolute Gasteiger partial charge is 0.461 e. The maximum absolute atomic E-state index is 11.8. The van der Waals surface area contributed by atoms with Crippen LogP contribution in [0, 0.1) is 10.1 Å². The van der Waals surface area contributed by atoms with Crippen LogP contribution < -0.4 is 5.32 Å². The number of hydrogen-bond acceptors (Lipinski definition) is 5. The van der Waals surface area contributed by atoms with Crippen molar-refractivity contribution in [3.8, 4) is 0 Å². The van der Waals surface area contributed by atoms with Crippen LogP contribution in [0.25, 0.3) is 0 Å². The fraction of sp³-hybridized carbons (Fsp3) is 0.562. The molecule has 1 aromatic carbocycles. The number of halogens is 1. The zero-order valence-electron chi connectivity index (χ0n) is 13.6. The third-order valence-corrected chi connectivity index (χ3v) is 3.36. The average molecular weight is 345 g/mol. The van der Waals surface area contributed by atoms with Gasteiger partial charge >= 0.3 is 5.97 Å². The zero-order chi connectivity index (χ0) is 16.4. The van der Waals surface area contributed by atoms with Crippen molar-refractivity contribution in [3.05, 3.63) is 39.9 Å². The normalized spacial score (nSPS) is 10.2. The number of carbonyl (C=O) groups excluding carboxylic acids is 1. The van der Waals surface area contributed by atoms with Gasteiger partial charge in [0.2, 0.25) is 0 Å². The summed E-state index contributed by atoms with van der Waals surface area (Å²) in [5.74, 6) is -0.459. The van der Waals surface area contributed by atoms with Crippen molar-refractivity contribution in [2.45, 2.75) is 45.6 Å². The number of rotatable bonds is 10. The van der Waals surface area contributed by atoms with E-state index in [-0.39, 0.29) is 18.1 Å². The fourth-order valence-electron chi connectivity index (χ4n) is 2.25. The molecule has 0 aromatic heterocycles. The first-order chi connectivity index (χ1) is 10.6. The molecule has 0 spiro atoms. The second-order valence-corrected chi connectivity index (χ2v) is 5.17. The van der Waals surface area contributed by atoms with Crippen molar-refractivity contribution < 1.29 is 14.5 Å². The van der Waals surface area contributed by atoms with Crippen molar-refractivity contribution in [2.75, 3.05) is 13.2 Å². The van der Waals surface area contributed by atoms with Crippen LogP contribution in [0.5, 0.6) is 0 Å². The maximum atomic E-state index is 11.8. The summed E-state index contributed by atoms with van der Waals surface area (Å²) in [4.78, 5) is 21.8. The summed E-state index contributed by atoms with van der Waals surface area (Å²) in [5.41, 5.74) is 0.282. The Kier molecular flexibility index (Phi) is 11.0. The molecule has 1 N–H and O–H groups in total. The highest BCUT2D eigenvalue weighted by molar-refractivity contribution is 5.89. The monoisotopic (exact) mass is 344 g/mol. The van der Waals surface area contributed by atoms with E-state index in [2.05, 4.69) is 19.2 Å². The number of non-ortho nitro benzene ring substituents is 1. The summed E-state index contributed by atoms with van der Waals surface area (Å²) in [6.07, 6.45) is 4.48. The van der Waals surface area contributed by atoms with Gasteiger partial charge in [-0.25, -0.2) is 4.79 Å². The number of nitrogens with one attached hydrogen (secondary N) is 1. The van der Waals surface area contributed by atoms with E-state index in [1.54, 1.807) is 0 Å². The van der Waals surface area contributed by atoms with Crippen LogP contribution >= 0.6 is 12.4 Å². The Hall–Kier alpha value is -1.66. The average Bonchev–Trinajstić information content (AvgIpc) is 2.51. The van der Waals surface area contributed by atoms with Gasteiger partial charge in [-0.3, -0.25) is 10.1 Å². The van der Waals surface area contributed by atoms with Gasteiger partial charge in [-0.2, -0.15) is 0 Å². The lowest BCUT2D eigenvalue weighted by atomic mass is 10.1. The highest BCUT2D eigenvalue weighted by Gasteiger charge is 2.11. The molecule has 7 heteroatoms. The second kappa shape index (κ2) is 11.8. The zero-order valence-corrected chi connectivity index (χ0v) is 14.4. The first-order valence-corrected chi connectivity index (χ1v) is 7.73. The molecule has 0 aliphatic carbocycles. The Morgan fingerprint density at radius 3 is 2.26 bits per heavy atom. The number of benzene rings is 1. The van der Waals surface area contributed by atoms with E-state index in [1.807, 2.05) is 0 Å². The van der Waals surface area contributed by atoms with Crippen LogP contribution in [-0.4, -0.2) is 30.1 Å². The molecule has 1 rings (SSSR count). The molecule has 23 heavy (non-hydrogen) atoms. The van der Waals surface area contributed by atoms with Gasteiger partial charge in [-0.05, 0) is 25.0 Å². The Labute approximate surface area is 143 Å². The molecule has 0 aliphatic rings. The van der Waals surface area contributed by atoms with Gasteiger partial charge in [0.25, 0.3) is 5.69 Å². The SMILES string of the molecule is CCCC(CCC)NCCOC(=O)c1ccc([N+](=O)[O-])cc1.Cl. The molecular formula is C16H25ClN2O4. The maximum Gasteiger partial charge on any atom is 0.338 e. The highest BCUT2D eigenvalue weighted by atomic mass is 35.5. The van der Waals surface area contributed by atoms with Crippen LogP contribution in [0.3, 0.4) is 0 Å². The Morgan fingerprint density at radius 2 is 1.78 bits per heavy atom.